The smallest absolute Gasteiger partial charge is 0.243 e. The van der Waals surface area contributed by atoms with Crippen LogP contribution in [0, 0.1) is 0 Å². The molecule has 0 bridgehead atoms. The second kappa shape index (κ2) is 6.47. The fraction of sp³-hybridized carbons (Fsp3) is 0.545. The maximum Gasteiger partial charge on any atom is 0.243 e. The van der Waals surface area contributed by atoms with Gasteiger partial charge >= 0.3 is 0 Å². The van der Waals surface area contributed by atoms with E-state index in [9.17, 15) is 13.2 Å². The van der Waals surface area contributed by atoms with Gasteiger partial charge < -0.3 is 4.90 Å². The molecule has 0 atom stereocenters. The molecule has 1 aliphatic rings. The summed E-state index contributed by atoms with van der Waals surface area (Å²) in [5.74, 6) is -0.0300. The van der Waals surface area contributed by atoms with E-state index in [1.807, 2.05) is 0 Å². The molecule has 20 heavy (non-hydrogen) atoms. The summed E-state index contributed by atoms with van der Waals surface area (Å²) < 4.78 is 26.1. The molecule has 0 aliphatic carbocycles. The van der Waals surface area contributed by atoms with E-state index in [4.69, 9.17) is 11.6 Å². The largest absolute Gasteiger partial charge is 0.343 e. The van der Waals surface area contributed by atoms with Crippen molar-refractivity contribution in [2.24, 2.45) is 0 Å². The van der Waals surface area contributed by atoms with Crippen molar-refractivity contribution in [1.29, 1.82) is 0 Å². The Labute approximate surface area is 122 Å². The molecule has 1 fully saturated rings. The molecule has 2 rings (SSSR count). The molecule has 7 nitrogen and oxygen atoms in total. The normalized spacial score (nSPS) is 15.6. The molecule has 0 spiro atoms. The maximum atomic E-state index is 11.9. The molecule has 0 aromatic carbocycles. The van der Waals surface area contributed by atoms with E-state index in [0.717, 1.165) is 38.3 Å². The van der Waals surface area contributed by atoms with Gasteiger partial charge in [0.1, 0.15) is 4.90 Å². The zero-order chi connectivity index (χ0) is 14.6. The lowest BCUT2D eigenvalue weighted by Crippen LogP contribution is -2.32. The highest BCUT2D eigenvalue weighted by Gasteiger charge is 2.19. The monoisotopic (exact) mass is 318 g/mol. The lowest BCUT2D eigenvalue weighted by atomic mass is 10.4. The van der Waals surface area contributed by atoms with Gasteiger partial charge in [0.15, 0.2) is 0 Å². The minimum atomic E-state index is -3.70. The first-order chi connectivity index (χ1) is 9.49. The molecule has 1 aromatic rings. The van der Waals surface area contributed by atoms with E-state index < -0.39 is 10.0 Å². The van der Waals surface area contributed by atoms with Gasteiger partial charge in [-0.15, -0.1) is 0 Å². The van der Waals surface area contributed by atoms with Crippen LogP contribution in [0.3, 0.4) is 0 Å². The van der Waals surface area contributed by atoms with Gasteiger partial charge in [-0.05, 0) is 24.4 Å². The molecule has 0 radical (unpaired) electrons. The number of likely N-dealkylation sites (tertiary alicyclic amines) is 1. The van der Waals surface area contributed by atoms with Gasteiger partial charge in [0, 0.05) is 26.1 Å². The van der Waals surface area contributed by atoms with Crippen LogP contribution in [0.4, 0.5) is 0 Å². The Morgan fingerprint density at radius 1 is 1.30 bits per heavy atom. The maximum absolute atomic E-state index is 11.9. The minimum Gasteiger partial charge on any atom is -0.343 e. The Balaban J connectivity index is 1.86. The third-order valence-corrected chi connectivity index (χ3v) is 4.61. The van der Waals surface area contributed by atoms with Gasteiger partial charge in [-0.25, -0.2) is 23.1 Å². The summed E-state index contributed by atoms with van der Waals surface area (Å²) >= 11 is 5.49. The average Bonchev–Trinajstić information content (AvgIpc) is 2.93. The first-order valence-corrected chi connectivity index (χ1v) is 8.10. The lowest BCUT2D eigenvalue weighted by molar-refractivity contribution is -0.129. The van der Waals surface area contributed by atoms with Gasteiger partial charge in [-0.2, -0.15) is 0 Å². The highest BCUT2D eigenvalue weighted by atomic mass is 35.5. The molecule has 1 amide bonds. The van der Waals surface area contributed by atoms with E-state index in [2.05, 4.69) is 14.7 Å². The van der Waals surface area contributed by atoms with E-state index >= 15 is 0 Å². The summed E-state index contributed by atoms with van der Waals surface area (Å²) in [7, 11) is -3.70. The second-order valence-corrected chi connectivity index (χ2v) is 6.53. The van der Waals surface area contributed by atoms with Gasteiger partial charge in [0.05, 0.1) is 12.4 Å². The SMILES string of the molecule is O=C(CCNS(=O)(=O)c1cnc(Cl)nc1)N1CCCC1. The topological polar surface area (TPSA) is 92.3 Å². The summed E-state index contributed by atoms with van der Waals surface area (Å²) in [6, 6.07) is 0. The van der Waals surface area contributed by atoms with Crippen molar-refractivity contribution in [1.82, 2.24) is 19.6 Å². The Bertz CT molecular complexity index is 570. The van der Waals surface area contributed by atoms with Gasteiger partial charge in [0.25, 0.3) is 0 Å². The van der Waals surface area contributed by atoms with Crippen molar-refractivity contribution in [3.8, 4) is 0 Å². The van der Waals surface area contributed by atoms with Crippen LogP contribution < -0.4 is 4.72 Å². The number of hydrogen-bond donors (Lipinski definition) is 1. The number of rotatable bonds is 5. The molecule has 0 saturated carbocycles. The molecule has 2 heterocycles. The van der Waals surface area contributed by atoms with Crippen LogP contribution in [0.2, 0.25) is 5.28 Å². The highest BCUT2D eigenvalue weighted by Crippen LogP contribution is 2.10. The highest BCUT2D eigenvalue weighted by molar-refractivity contribution is 7.89. The molecule has 9 heteroatoms. The van der Waals surface area contributed by atoms with Crippen molar-refractivity contribution < 1.29 is 13.2 Å². The predicted molar refractivity (Wildman–Crippen MR) is 72.7 cm³/mol. The number of nitrogens with one attached hydrogen (secondary N) is 1. The quantitative estimate of drug-likeness (QED) is 0.794. The molecular formula is C11H15ClN4O3S. The predicted octanol–water partition coefficient (Wildman–Crippen LogP) is 0.421. The van der Waals surface area contributed by atoms with Crippen LogP contribution in [-0.2, 0) is 14.8 Å². The first-order valence-electron chi connectivity index (χ1n) is 6.24. The second-order valence-electron chi connectivity index (χ2n) is 4.42. The number of sulfonamides is 1. The van der Waals surface area contributed by atoms with Crippen molar-refractivity contribution >= 4 is 27.5 Å². The third kappa shape index (κ3) is 3.87. The van der Waals surface area contributed by atoms with Crippen molar-refractivity contribution in [3.63, 3.8) is 0 Å². The van der Waals surface area contributed by atoms with Crippen LogP contribution in [0.15, 0.2) is 17.3 Å². The van der Waals surface area contributed by atoms with E-state index in [1.54, 1.807) is 4.90 Å². The van der Waals surface area contributed by atoms with Crippen LogP contribution in [0.5, 0.6) is 0 Å². The number of halogens is 1. The zero-order valence-electron chi connectivity index (χ0n) is 10.7. The molecule has 1 saturated heterocycles. The fourth-order valence-electron chi connectivity index (χ4n) is 1.94. The zero-order valence-corrected chi connectivity index (χ0v) is 12.3. The average molecular weight is 319 g/mol. The van der Waals surface area contributed by atoms with E-state index in [1.165, 1.54) is 0 Å². The summed E-state index contributed by atoms with van der Waals surface area (Å²) in [4.78, 5) is 20.7. The third-order valence-electron chi connectivity index (χ3n) is 3.00. The van der Waals surface area contributed by atoms with Gasteiger partial charge in [-0.1, -0.05) is 0 Å². The number of carbonyl (C=O) groups is 1. The molecule has 0 unspecified atom stereocenters. The minimum absolute atomic E-state index is 0.0202. The van der Waals surface area contributed by atoms with Crippen LogP contribution in [-0.4, -0.2) is 48.8 Å². The number of nitrogens with zero attached hydrogens (tertiary/aromatic N) is 3. The van der Waals surface area contributed by atoms with E-state index in [0.29, 0.717) is 0 Å². The number of hydrogen-bond acceptors (Lipinski definition) is 5. The summed E-state index contributed by atoms with van der Waals surface area (Å²) in [6.07, 6.45) is 4.42. The number of aromatic nitrogens is 2. The Hall–Kier alpha value is -1.25. The molecule has 1 aromatic heterocycles. The van der Waals surface area contributed by atoms with Crippen LogP contribution >= 0.6 is 11.6 Å². The molecule has 110 valence electrons. The Morgan fingerprint density at radius 2 is 1.90 bits per heavy atom. The molecular weight excluding hydrogens is 304 g/mol. The lowest BCUT2D eigenvalue weighted by Gasteiger charge is -2.15. The summed E-state index contributed by atoms with van der Waals surface area (Å²) in [5, 5.41) is -0.0202. The molecule has 1 N–H and O–H groups in total. The van der Waals surface area contributed by atoms with Gasteiger partial charge in [0.2, 0.25) is 21.2 Å². The van der Waals surface area contributed by atoms with Crippen molar-refractivity contribution in [3.05, 3.63) is 17.7 Å². The first kappa shape index (κ1) is 15.1. The summed E-state index contributed by atoms with van der Waals surface area (Å²) in [5.41, 5.74) is 0. The Kier molecular flexibility index (Phi) is 4.90. The summed E-state index contributed by atoms with van der Waals surface area (Å²) in [6.45, 7) is 1.58. The van der Waals surface area contributed by atoms with Gasteiger partial charge in [-0.3, -0.25) is 4.79 Å². The van der Waals surface area contributed by atoms with Crippen LogP contribution in [0.1, 0.15) is 19.3 Å². The number of amides is 1. The fourth-order valence-corrected chi connectivity index (χ4v) is 2.96. The van der Waals surface area contributed by atoms with Crippen molar-refractivity contribution in [2.45, 2.75) is 24.2 Å². The standard InChI is InChI=1S/C11H15ClN4O3S/c12-11-13-7-9(8-14-11)20(18,19)15-4-3-10(17)16-5-1-2-6-16/h7-8,15H,1-6H2. The van der Waals surface area contributed by atoms with E-state index in [-0.39, 0.29) is 29.1 Å². The van der Waals surface area contributed by atoms with Crippen LogP contribution in [0.25, 0.3) is 0 Å². The van der Waals surface area contributed by atoms with Crippen molar-refractivity contribution in [2.75, 3.05) is 19.6 Å². The molecule has 1 aliphatic heterocycles. The Morgan fingerprint density at radius 3 is 2.50 bits per heavy atom. The number of carbonyl (C=O) groups excluding carboxylic acids is 1.